The molecule has 19 heavy (non-hydrogen) atoms. The van der Waals surface area contributed by atoms with E-state index < -0.39 is 5.63 Å². The van der Waals surface area contributed by atoms with Gasteiger partial charge in [0.2, 0.25) is 5.75 Å². The Bertz CT molecular complexity index is 808. The van der Waals surface area contributed by atoms with E-state index in [1.807, 2.05) is 31.2 Å². The molecule has 96 valence electrons. The first-order valence-electron chi connectivity index (χ1n) is 5.97. The van der Waals surface area contributed by atoms with E-state index in [4.69, 9.17) is 13.6 Å². The molecule has 1 aromatic carbocycles. The van der Waals surface area contributed by atoms with Crippen molar-refractivity contribution < 1.29 is 13.6 Å². The Balaban J connectivity index is 2.28. The number of hydrogen-bond acceptors (Lipinski definition) is 4. The normalized spacial score (nSPS) is 11.6. The van der Waals surface area contributed by atoms with Crippen molar-refractivity contribution in [2.75, 3.05) is 6.61 Å². The van der Waals surface area contributed by atoms with Crippen molar-refractivity contribution in [2.24, 2.45) is 0 Å². The first-order chi connectivity index (χ1) is 9.29. The van der Waals surface area contributed by atoms with Crippen molar-refractivity contribution in [2.45, 2.75) is 6.92 Å². The van der Waals surface area contributed by atoms with Crippen LogP contribution >= 0.6 is 0 Å². The van der Waals surface area contributed by atoms with Crippen molar-refractivity contribution in [3.8, 4) is 5.75 Å². The third kappa shape index (κ3) is 2.01. The van der Waals surface area contributed by atoms with Gasteiger partial charge in [0.1, 0.15) is 6.61 Å². The molecule has 0 spiro atoms. The van der Waals surface area contributed by atoms with Crippen LogP contribution in [-0.2, 0) is 0 Å². The Hall–Kier alpha value is -2.49. The van der Waals surface area contributed by atoms with E-state index in [1.165, 1.54) is 6.07 Å². The Kier molecular flexibility index (Phi) is 2.83. The molecule has 0 saturated carbocycles. The molecule has 4 nitrogen and oxygen atoms in total. The predicted molar refractivity (Wildman–Crippen MR) is 72.6 cm³/mol. The van der Waals surface area contributed by atoms with Gasteiger partial charge in [-0.3, -0.25) is 0 Å². The van der Waals surface area contributed by atoms with Crippen molar-refractivity contribution in [1.82, 2.24) is 0 Å². The van der Waals surface area contributed by atoms with E-state index >= 15 is 0 Å². The van der Waals surface area contributed by atoms with Crippen molar-refractivity contribution in [1.29, 1.82) is 0 Å². The summed E-state index contributed by atoms with van der Waals surface area (Å²) in [4.78, 5) is 11.4. The molecule has 0 aliphatic heterocycles. The zero-order chi connectivity index (χ0) is 13.2. The highest BCUT2D eigenvalue weighted by Crippen LogP contribution is 2.34. The van der Waals surface area contributed by atoms with E-state index in [0.29, 0.717) is 23.5 Å². The van der Waals surface area contributed by atoms with Crippen LogP contribution in [0.4, 0.5) is 0 Å². The first-order valence-corrected chi connectivity index (χ1v) is 5.97. The van der Waals surface area contributed by atoms with Crippen LogP contribution in [0, 0.1) is 0 Å². The standard InChI is InChI=1S/C15H12O4/c1-2-3-7-17-15-13-11(6-8-18-13)9-10-4-5-12(16)19-14(10)15/h2-6,8-9H,7H2,1H3. The number of benzene rings is 1. The molecule has 3 aromatic rings. The quantitative estimate of drug-likeness (QED) is 0.531. The molecule has 0 unspecified atom stereocenters. The van der Waals surface area contributed by atoms with Crippen LogP contribution < -0.4 is 10.4 Å². The minimum absolute atomic E-state index is 0.393. The maximum Gasteiger partial charge on any atom is 0.336 e. The number of rotatable bonds is 3. The predicted octanol–water partition coefficient (Wildman–Crippen LogP) is 3.49. The molecule has 2 aromatic heterocycles. The number of ether oxygens (including phenoxy) is 1. The largest absolute Gasteiger partial charge is 0.482 e. The van der Waals surface area contributed by atoms with E-state index in [-0.39, 0.29) is 0 Å². The van der Waals surface area contributed by atoms with Gasteiger partial charge in [0, 0.05) is 16.8 Å². The fourth-order valence-electron chi connectivity index (χ4n) is 1.96. The summed E-state index contributed by atoms with van der Waals surface area (Å²) >= 11 is 0. The average molecular weight is 256 g/mol. The van der Waals surface area contributed by atoms with Crippen molar-refractivity contribution in [3.63, 3.8) is 0 Å². The second-order valence-electron chi connectivity index (χ2n) is 4.10. The molecule has 3 rings (SSSR count). The minimum Gasteiger partial charge on any atom is -0.482 e. The van der Waals surface area contributed by atoms with Gasteiger partial charge in [0.25, 0.3) is 0 Å². The minimum atomic E-state index is -0.408. The number of allylic oxidation sites excluding steroid dienone is 1. The molecular weight excluding hydrogens is 244 g/mol. The van der Waals surface area contributed by atoms with Gasteiger partial charge in [-0.15, -0.1) is 0 Å². The lowest BCUT2D eigenvalue weighted by Crippen LogP contribution is -1.99. The van der Waals surface area contributed by atoms with E-state index in [1.54, 1.807) is 12.3 Å². The summed E-state index contributed by atoms with van der Waals surface area (Å²) in [7, 11) is 0. The Morgan fingerprint density at radius 2 is 2.05 bits per heavy atom. The zero-order valence-corrected chi connectivity index (χ0v) is 10.4. The molecule has 0 aliphatic rings. The highest BCUT2D eigenvalue weighted by molar-refractivity contribution is 5.99. The van der Waals surface area contributed by atoms with Crippen LogP contribution in [0.1, 0.15) is 6.92 Å². The second-order valence-corrected chi connectivity index (χ2v) is 4.10. The molecule has 0 N–H and O–H groups in total. The summed E-state index contributed by atoms with van der Waals surface area (Å²) in [5.41, 5.74) is 0.597. The number of hydrogen-bond donors (Lipinski definition) is 0. The number of furan rings is 1. The summed E-state index contributed by atoms with van der Waals surface area (Å²) in [6.07, 6.45) is 5.35. The van der Waals surface area contributed by atoms with E-state index in [0.717, 1.165) is 10.8 Å². The third-order valence-corrected chi connectivity index (χ3v) is 2.84. The van der Waals surface area contributed by atoms with Gasteiger partial charge in [-0.2, -0.15) is 0 Å². The Labute approximate surface area is 108 Å². The maximum atomic E-state index is 11.4. The topological polar surface area (TPSA) is 52.6 Å². The molecule has 0 radical (unpaired) electrons. The summed E-state index contributed by atoms with van der Waals surface area (Å²) < 4.78 is 16.3. The van der Waals surface area contributed by atoms with Crippen LogP contribution in [0.5, 0.6) is 5.75 Å². The Morgan fingerprint density at radius 3 is 2.89 bits per heavy atom. The number of fused-ring (bicyclic) bond motifs is 2. The van der Waals surface area contributed by atoms with Gasteiger partial charge in [0.05, 0.1) is 6.26 Å². The van der Waals surface area contributed by atoms with E-state index in [2.05, 4.69) is 0 Å². The van der Waals surface area contributed by atoms with Crippen LogP contribution in [0.2, 0.25) is 0 Å². The lowest BCUT2D eigenvalue weighted by molar-refractivity contribution is 0.356. The van der Waals surface area contributed by atoms with Crippen LogP contribution in [0.3, 0.4) is 0 Å². The summed E-state index contributed by atoms with van der Waals surface area (Å²) in [6, 6.07) is 6.86. The van der Waals surface area contributed by atoms with Gasteiger partial charge in [-0.1, -0.05) is 12.2 Å². The third-order valence-electron chi connectivity index (χ3n) is 2.84. The fourth-order valence-corrected chi connectivity index (χ4v) is 1.96. The molecule has 0 bridgehead atoms. The molecule has 0 amide bonds. The highest BCUT2D eigenvalue weighted by Gasteiger charge is 2.14. The van der Waals surface area contributed by atoms with Gasteiger partial charge in [0.15, 0.2) is 11.2 Å². The Morgan fingerprint density at radius 1 is 1.21 bits per heavy atom. The summed E-state index contributed by atoms with van der Waals surface area (Å²) in [6.45, 7) is 2.30. The molecule has 0 atom stereocenters. The summed E-state index contributed by atoms with van der Waals surface area (Å²) in [5, 5.41) is 1.72. The van der Waals surface area contributed by atoms with E-state index in [9.17, 15) is 4.79 Å². The SMILES string of the molecule is CC=CCOc1c2occc2cc2ccc(=O)oc12. The first kappa shape index (κ1) is 11.6. The molecule has 4 heteroatoms. The molecule has 0 fully saturated rings. The van der Waals surface area contributed by atoms with Crippen LogP contribution in [0.25, 0.3) is 21.9 Å². The van der Waals surface area contributed by atoms with Gasteiger partial charge in [-0.05, 0) is 25.1 Å². The maximum absolute atomic E-state index is 11.4. The van der Waals surface area contributed by atoms with Gasteiger partial charge < -0.3 is 13.6 Å². The van der Waals surface area contributed by atoms with Crippen molar-refractivity contribution in [3.05, 3.63) is 53.1 Å². The van der Waals surface area contributed by atoms with Crippen molar-refractivity contribution >= 4 is 21.9 Å². The molecule has 0 saturated heterocycles. The monoisotopic (exact) mass is 256 g/mol. The van der Waals surface area contributed by atoms with Gasteiger partial charge >= 0.3 is 5.63 Å². The zero-order valence-electron chi connectivity index (χ0n) is 10.4. The van der Waals surface area contributed by atoms with Crippen LogP contribution in [0.15, 0.2) is 56.3 Å². The lowest BCUT2D eigenvalue weighted by Gasteiger charge is -2.06. The fraction of sp³-hybridized carbons (Fsp3) is 0.133. The molecular formula is C15H12O4. The molecule has 0 aliphatic carbocycles. The van der Waals surface area contributed by atoms with Crippen LogP contribution in [-0.4, -0.2) is 6.61 Å². The smallest absolute Gasteiger partial charge is 0.336 e. The second kappa shape index (κ2) is 4.65. The van der Waals surface area contributed by atoms with Gasteiger partial charge in [-0.25, -0.2) is 4.79 Å². The summed E-state index contributed by atoms with van der Waals surface area (Å²) in [5.74, 6) is 0.466. The average Bonchev–Trinajstić information content (AvgIpc) is 2.86. The molecule has 2 heterocycles. The highest BCUT2D eigenvalue weighted by atomic mass is 16.5. The lowest BCUT2D eigenvalue weighted by atomic mass is 10.1.